The average Bonchev–Trinajstić information content (AvgIpc) is 3.14. The Morgan fingerprint density at radius 3 is 1.37 bits per heavy atom. The highest BCUT2D eigenvalue weighted by Gasteiger charge is 2.61. The quantitative estimate of drug-likeness (QED) is 0.150. The van der Waals surface area contributed by atoms with Crippen LogP contribution in [0.15, 0.2) is 0 Å². The predicted molar refractivity (Wildman–Crippen MR) is 102 cm³/mol. The molecule has 2 rings (SSSR count). The highest BCUT2D eigenvalue weighted by molar-refractivity contribution is 9.09. The van der Waals surface area contributed by atoms with Crippen LogP contribution in [0.5, 0.6) is 0 Å². The van der Waals surface area contributed by atoms with Crippen molar-refractivity contribution in [2.45, 2.75) is 62.7 Å². The summed E-state index contributed by atoms with van der Waals surface area (Å²) >= 11 is 5.88. The van der Waals surface area contributed by atoms with E-state index in [0.717, 1.165) is 13.8 Å². The van der Waals surface area contributed by atoms with Crippen molar-refractivity contribution in [2.24, 2.45) is 0 Å². The van der Waals surface area contributed by atoms with Gasteiger partial charge in [-0.25, -0.2) is 9.59 Å². The van der Waals surface area contributed by atoms with Gasteiger partial charge in [-0.05, 0) is 0 Å². The normalized spacial score (nSPS) is 28.7. The van der Waals surface area contributed by atoms with Crippen molar-refractivity contribution in [3.63, 3.8) is 0 Å². The maximum Gasteiger partial charge on any atom is 0.352 e. The fourth-order valence-electron chi connectivity index (χ4n) is 2.50. The molecule has 2 heterocycles. The van der Waals surface area contributed by atoms with E-state index in [-0.39, 0.29) is 10.7 Å². The van der Waals surface area contributed by atoms with Crippen LogP contribution in [0.4, 0.5) is 0 Å². The third kappa shape index (κ3) is 6.85. The van der Waals surface area contributed by atoms with Gasteiger partial charge in [-0.1, -0.05) is 31.9 Å². The van der Waals surface area contributed by atoms with Crippen LogP contribution in [0.1, 0.15) is 13.8 Å². The minimum Gasteiger partial charge on any atom is -0.451 e. The Kier molecular flexibility index (Phi) is 10.6. The SMILES string of the molecule is CC(=O)O[C@@H]1C(=O)O[C@@H]2[C@H]1OC(=O)[C@@H]2OC(C)=O.O[C@@H]([C@H](O)[C@H](O)CBr)[C@H](O)CBr. The first-order chi connectivity index (χ1) is 13.9. The summed E-state index contributed by atoms with van der Waals surface area (Å²) < 4.78 is 19.1. The molecule has 0 aromatic heterocycles. The first-order valence-corrected chi connectivity index (χ1v) is 10.8. The molecule has 0 saturated carbocycles. The van der Waals surface area contributed by atoms with Crippen LogP contribution in [-0.4, -0.2) is 104 Å². The molecule has 0 aliphatic carbocycles. The number of alkyl halides is 2. The molecule has 2 saturated heterocycles. The predicted octanol–water partition coefficient (Wildman–Crippen LogP) is -2.08. The zero-order chi connectivity index (χ0) is 23.2. The van der Waals surface area contributed by atoms with Gasteiger partial charge in [0, 0.05) is 24.5 Å². The Bertz CT molecular complexity index is 590. The summed E-state index contributed by atoms with van der Waals surface area (Å²) in [5.74, 6) is -3.07. The van der Waals surface area contributed by atoms with E-state index in [0.29, 0.717) is 0 Å². The van der Waals surface area contributed by atoms with Gasteiger partial charge in [0.1, 0.15) is 12.2 Å². The smallest absolute Gasteiger partial charge is 0.352 e. The minimum absolute atomic E-state index is 0.153. The van der Waals surface area contributed by atoms with Gasteiger partial charge in [-0.2, -0.15) is 0 Å². The zero-order valence-electron chi connectivity index (χ0n) is 15.8. The van der Waals surface area contributed by atoms with Gasteiger partial charge in [-0.3, -0.25) is 9.59 Å². The van der Waals surface area contributed by atoms with E-state index in [1.807, 2.05) is 0 Å². The minimum atomic E-state index is -1.34. The van der Waals surface area contributed by atoms with Crippen LogP contribution < -0.4 is 0 Å². The van der Waals surface area contributed by atoms with Crippen molar-refractivity contribution in [3.8, 4) is 0 Å². The number of halogens is 2. The third-order valence-electron chi connectivity index (χ3n) is 3.93. The zero-order valence-corrected chi connectivity index (χ0v) is 19.0. The summed E-state index contributed by atoms with van der Waals surface area (Å²) in [5, 5.41) is 36.8. The highest BCUT2D eigenvalue weighted by Crippen LogP contribution is 2.32. The lowest BCUT2D eigenvalue weighted by atomic mass is 10.1. The van der Waals surface area contributed by atoms with Crippen LogP contribution in [0.25, 0.3) is 0 Å². The van der Waals surface area contributed by atoms with E-state index in [2.05, 4.69) is 31.9 Å². The van der Waals surface area contributed by atoms with E-state index < -0.39 is 72.7 Å². The molecule has 2 fully saturated rings. The standard InChI is InChI=1S/C10H10O8.C6H12Br2O4/c1-3(11)15-7-5-6(18-9(7)13)8(10(14)17-5)16-4(2)12;7-1-3(9)5(11)6(12)4(10)2-8/h5-8H,1-2H3;3-6,9-12H,1-2H2/t5-,6-,7-,8+;3-,4-,5-,6-/m11/s1. The van der Waals surface area contributed by atoms with Crippen molar-refractivity contribution in [3.05, 3.63) is 0 Å². The number of esters is 4. The molecular weight excluding hydrogens is 544 g/mol. The summed E-state index contributed by atoms with van der Waals surface area (Å²) in [6, 6.07) is 0. The van der Waals surface area contributed by atoms with Gasteiger partial charge < -0.3 is 39.4 Å². The molecule has 2 aliphatic rings. The monoisotopic (exact) mass is 564 g/mol. The number of aliphatic hydroxyl groups is 4. The van der Waals surface area contributed by atoms with E-state index in [1.54, 1.807) is 0 Å². The molecule has 8 atom stereocenters. The molecule has 2 aliphatic heterocycles. The fourth-order valence-corrected chi connectivity index (χ4v) is 3.26. The molecule has 0 radical (unpaired) electrons. The number of fused-ring (bicyclic) bond motifs is 1. The second-order valence-corrected chi connectivity index (χ2v) is 7.58. The second kappa shape index (κ2) is 11.9. The number of aliphatic hydroxyl groups excluding tert-OH is 4. The molecule has 0 aromatic rings. The van der Waals surface area contributed by atoms with Crippen molar-refractivity contribution < 1.29 is 58.6 Å². The van der Waals surface area contributed by atoms with Crippen LogP contribution in [0.3, 0.4) is 0 Å². The average molecular weight is 566 g/mol. The van der Waals surface area contributed by atoms with Crippen molar-refractivity contribution in [2.75, 3.05) is 10.7 Å². The maximum absolute atomic E-state index is 11.4. The molecule has 4 N–H and O–H groups in total. The lowest BCUT2D eigenvalue weighted by Crippen LogP contribution is -2.45. The number of hydrogen-bond acceptors (Lipinski definition) is 12. The lowest BCUT2D eigenvalue weighted by Gasteiger charge is -2.24. The summed E-state index contributed by atoms with van der Waals surface area (Å²) in [5.41, 5.74) is 0. The summed E-state index contributed by atoms with van der Waals surface area (Å²) in [7, 11) is 0. The fraction of sp³-hybridized carbons (Fsp3) is 0.750. The lowest BCUT2D eigenvalue weighted by molar-refractivity contribution is -0.173. The van der Waals surface area contributed by atoms with Crippen LogP contribution >= 0.6 is 31.9 Å². The highest BCUT2D eigenvalue weighted by atomic mass is 79.9. The van der Waals surface area contributed by atoms with Gasteiger partial charge >= 0.3 is 23.9 Å². The van der Waals surface area contributed by atoms with Crippen molar-refractivity contribution in [1.82, 2.24) is 0 Å². The Labute approximate surface area is 187 Å². The molecular formula is C16H22Br2O12. The molecule has 12 nitrogen and oxygen atoms in total. The van der Waals surface area contributed by atoms with E-state index in [1.165, 1.54) is 0 Å². The summed E-state index contributed by atoms with van der Waals surface area (Å²) in [6.45, 7) is 2.22. The molecule has 0 spiro atoms. The Morgan fingerprint density at radius 2 is 1.13 bits per heavy atom. The summed E-state index contributed by atoms with van der Waals surface area (Å²) in [6.07, 6.45) is -9.58. The van der Waals surface area contributed by atoms with Crippen LogP contribution in [0.2, 0.25) is 0 Å². The van der Waals surface area contributed by atoms with Crippen molar-refractivity contribution >= 4 is 55.7 Å². The number of carbonyl (C=O) groups excluding carboxylic acids is 4. The molecule has 30 heavy (non-hydrogen) atoms. The number of carbonyl (C=O) groups is 4. The van der Waals surface area contributed by atoms with Crippen LogP contribution in [0, 0.1) is 0 Å². The number of rotatable bonds is 7. The first kappa shape index (κ1) is 26.7. The Balaban J connectivity index is 0.000000329. The second-order valence-electron chi connectivity index (χ2n) is 6.29. The number of ether oxygens (including phenoxy) is 4. The Hall–Kier alpha value is -1.32. The molecule has 0 amide bonds. The topological polar surface area (TPSA) is 186 Å². The van der Waals surface area contributed by atoms with Gasteiger partial charge in [0.25, 0.3) is 0 Å². The third-order valence-corrected chi connectivity index (χ3v) is 5.26. The van der Waals surface area contributed by atoms with Gasteiger partial charge in [0.05, 0.1) is 12.2 Å². The van der Waals surface area contributed by atoms with E-state index in [4.69, 9.17) is 29.2 Å². The largest absolute Gasteiger partial charge is 0.451 e. The van der Waals surface area contributed by atoms with Gasteiger partial charge in [0.2, 0.25) is 12.2 Å². The number of hydrogen-bond donors (Lipinski definition) is 4. The molecule has 0 aromatic carbocycles. The molecule has 0 unspecified atom stereocenters. The van der Waals surface area contributed by atoms with Crippen LogP contribution in [-0.2, 0) is 38.1 Å². The van der Waals surface area contributed by atoms with Crippen molar-refractivity contribution in [1.29, 1.82) is 0 Å². The maximum atomic E-state index is 11.4. The molecule has 0 bridgehead atoms. The summed E-state index contributed by atoms with van der Waals surface area (Å²) in [4.78, 5) is 44.5. The molecule has 14 heteroatoms. The van der Waals surface area contributed by atoms with Gasteiger partial charge in [-0.15, -0.1) is 0 Å². The molecule has 172 valence electrons. The van der Waals surface area contributed by atoms with Gasteiger partial charge in [0.15, 0.2) is 12.2 Å². The van der Waals surface area contributed by atoms with E-state index >= 15 is 0 Å². The Morgan fingerprint density at radius 1 is 0.833 bits per heavy atom. The van der Waals surface area contributed by atoms with E-state index in [9.17, 15) is 29.4 Å². The first-order valence-electron chi connectivity index (χ1n) is 8.54.